The van der Waals surface area contributed by atoms with Crippen molar-refractivity contribution in [3.8, 4) is 5.75 Å². The summed E-state index contributed by atoms with van der Waals surface area (Å²) < 4.78 is 5.81. The van der Waals surface area contributed by atoms with Gasteiger partial charge in [-0.05, 0) is 42.0 Å². The molecule has 21 heavy (non-hydrogen) atoms. The molecule has 2 rings (SSSR count). The molecule has 0 amide bonds. The van der Waals surface area contributed by atoms with Crippen LogP contribution in [-0.2, 0) is 10.2 Å². The summed E-state index contributed by atoms with van der Waals surface area (Å²) in [5.41, 5.74) is 0.438. The van der Waals surface area contributed by atoms with Crippen LogP contribution in [-0.4, -0.2) is 12.4 Å². The van der Waals surface area contributed by atoms with E-state index in [2.05, 4.69) is 0 Å². The van der Waals surface area contributed by atoms with Crippen LogP contribution in [0.1, 0.15) is 19.4 Å². The summed E-state index contributed by atoms with van der Waals surface area (Å²) in [5.74, 6) is 0.603. The van der Waals surface area contributed by atoms with Gasteiger partial charge in [-0.2, -0.15) is 0 Å². The van der Waals surface area contributed by atoms with Crippen molar-refractivity contribution in [3.63, 3.8) is 0 Å². The molecule has 2 aromatic carbocycles. The third-order valence-corrected chi connectivity index (χ3v) is 3.97. The van der Waals surface area contributed by atoms with E-state index in [9.17, 15) is 4.79 Å². The van der Waals surface area contributed by atoms with E-state index in [1.54, 1.807) is 30.3 Å². The summed E-state index contributed by atoms with van der Waals surface area (Å²) in [5, 5.41) is 1.26. The second-order valence-corrected chi connectivity index (χ2v) is 6.23. The predicted octanol–water partition coefficient (Wildman–Crippen LogP) is 4.92. The fourth-order valence-electron chi connectivity index (χ4n) is 2.06. The molecule has 0 aliphatic heterocycles. The highest BCUT2D eigenvalue weighted by atomic mass is 35.5. The van der Waals surface area contributed by atoms with E-state index in [-0.39, 0.29) is 0 Å². The second kappa shape index (κ2) is 6.50. The molecule has 2 nitrogen and oxygen atoms in total. The van der Waals surface area contributed by atoms with E-state index >= 15 is 0 Å². The Labute approximate surface area is 134 Å². The van der Waals surface area contributed by atoms with Crippen LogP contribution in [0.3, 0.4) is 0 Å². The van der Waals surface area contributed by atoms with Crippen molar-refractivity contribution in [2.45, 2.75) is 25.4 Å². The summed E-state index contributed by atoms with van der Waals surface area (Å²) >= 11 is 11.9. The number of halogens is 2. The Bertz CT molecular complexity index is 621. The average molecular weight is 323 g/mol. The minimum atomic E-state index is -0.628. The fraction of sp³-hybridized carbons (Fsp3) is 0.235. The number of rotatable bonds is 5. The summed E-state index contributed by atoms with van der Waals surface area (Å²) in [7, 11) is 0. The fourth-order valence-corrected chi connectivity index (χ4v) is 2.37. The standard InChI is InChI=1S/C17H16Cl2O2/c1-17(2,12-4-3-5-14(19)10-12)16(11-20)21-15-8-6-13(18)7-9-15/h3-11,16H,1-2H3. The zero-order valence-corrected chi connectivity index (χ0v) is 13.4. The van der Waals surface area contributed by atoms with Gasteiger partial charge < -0.3 is 4.74 Å². The van der Waals surface area contributed by atoms with E-state index in [0.29, 0.717) is 15.8 Å². The maximum atomic E-state index is 11.5. The molecule has 1 unspecified atom stereocenters. The lowest BCUT2D eigenvalue weighted by atomic mass is 9.80. The molecular weight excluding hydrogens is 307 g/mol. The largest absolute Gasteiger partial charge is 0.482 e. The van der Waals surface area contributed by atoms with Crippen molar-refractivity contribution in [2.75, 3.05) is 0 Å². The molecule has 0 heterocycles. The molecule has 2 aromatic rings. The van der Waals surface area contributed by atoms with Gasteiger partial charge in [0.05, 0.1) is 0 Å². The summed E-state index contributed by atoms with van der Waals surface area (Å²) in [6.45, 7) is 3.90. The molecule has 0 fully saturated rings. The highest BCUT2D eigenvalue weighted by Gasteiger charge is 2.33. The molecule has 0 aliphatic rings. The number of aldehydes is 1. The lowest BCUT2D eigenvalue weighted by Crippen LogP contribution is -2.39. The Morgan fingerprint density at radius 3 is 2.29 bits per heavy atom. The number of carbonyl (C=O) groups is 1. The lowest BCUT2D eigenvalue weighted by molar-refractivity contribution is -0.116. The molecule has 0 aliphatic carbocycles. The van der Waals surface area contributed by atoms with Crippen LogP contribution in [0.5, 0.6) is 5.75 Å². The highest BCUT2D eigenvalue weighted by molar-refractivity contribution is 6.30. The van der Waals surface area contributed by atoms with Crippen molar-refractivity contribution in [3.05, 3.63) is 64.1 Å². The minimum absolute atomic E-state index is 0.508. The Morgan fingerprint density at radius 2 is 1.71 bits per heavy atom. The molecule has 0 N–H and O–H groups in total. The average Bonchev–Trinajstić information content (AvgIpc) is 2.46. The molecule has 0 bridgehead atoms. The van der Waals surface area contributed by atoms with Gasteiger partial charge in [-0.1, -0.05) is 49.2 Å². The third-order valence-electron chi connectivity index (χ3n) is 3.48. The SMILES string of the molecule is CC(C)(c1cccc(Cl)c1)C(C=O)Oc1ccc(Cl)cc1. The van der Waals surface area contributed by atoms with Crippen LogP contribution in [0.2, 0.25) is 10.0 Å². The first-order valence-corrected chi connectivity index (χ1v) is 7.32. The van der Waals surface area contributed by atoms with Gasteiger partial charge in [0.15, 0.2) is 12.4 Å². The Hall–Kier alpha value is -1.51. The maximum absolute atomic E-state index is 11.5. The monoisotopic (exact) mass is 322 g/mol. The zero-order chi connectivity index (χ0) is 15.5. The van der Waals surface area contributed by atoms with Gasteiger partial charge in [0.1, 0.15) is 5.75 Å². The van der Waals surface area contributed by atoms with Crippen LogP contribution in [0, 0.1) is 0 Å². The highest BCUT2D eigenvalue weighted by Crippen LogP contribution is 2.31. The van der Waals surface area contributed by atoms with Gasteiger partial charge in [-0.3, -0.25) is 4.79 Å². The smallest absolute Gasteiger partial charge is 0.163 e. The Morgan fingerprint density at radius 1 is 1.05 bits per heavy atom. The van der Waals surface area contributed by atoms with Gasteiger partial charge in [0.25, 0.3) is 0 Å². The Balaban J connectivity index is 2.26. The summed E-state index contributed by atoms with van der Waals surface area (Å²) in [4.78, 5) is 11.5. The minimum Gasteiger partial charge on any atom is -0.482 e. The molecule has 110 valence electrons. The first kappa shape index (κ1) is 15.9. The maximum Gasteiger partial charge on any atom is 0.163 e. The van der Waals surface area contributed by atoms with Crippen LogP contribution >= 0.6 is 23.2 Å². The molecule has 0 radical (unpaired) electrons. The lowest BCUT2D eigenvalue weighted by Gasteiger charge is -2.31. The van der Waals surface area contributed by atoms with E-state index in [1.807, 2.05) is 32.0 Å². The van der Waals surface area contributed by atoms with E-state index in [1.165, 1.54) is 0 Å². The van der Waals surface area contributed by atoms with Gasteiger partial charge in [-0.25, -0.2) is 0 Å². The topological polar surface area (TPSA) is 26.3 Å². The van der Waals surface area contributed by atoms with E-state index in [4.69, 9.17) is 27.9 Å². The van der Waals surface area contributed by atoms with Gasteiger partial charge in [-0.15, -0.1) is 0 Å². The van der Waals surface area contributed by atoms with E-state index in [0.717, 1.165) is 11.8 Å². The molecular formula is C17H16Cl2O2. The third kappa shape index (κ3) is 3.78. The van der Waals surface area contributed by atoms with Crippen LogP contribution in [0.4, 0.5) is 0 Å². The molecule has 0 saturated heterocycles. The van der Waals surface area contributed by atoms with Crippen LogP contribution in [0.15, 0.2) is 48.5 Å². The second-order valence-electron chi connectivity index (χ2n) is 5.36. The van der Waals surface area contributed by atoms with Crippen LogP contribution < -0.4 is 4.74 Å². The molecule has 0 spiro atoms. The van der Waals surface area contributed by atoms with Crippen LogP contribution in [0.25, 0.3) is 0 Å². The van der Waals surface area contributed by atoms with Crippen molar-refractivity contribution in [2.24, 2.45) is 0 Å². The predicted molar refractivity (Wildman–Crippen MR) is 86.4 cm³/mol. The Kier molecular flexibility index (Phi) is 4.92. The summed E-state index contributed by atoms with van der Waals surface area (Å²) in [6.07, 6.45) is 0.187. The molecule has 0 saturated carbocycles. The summed E-state index contributed by atoms with van der Waals surface area (Å²) in [6, 6.07) is 14.4. The van der Waals surface area contributed by atoms with Crippen molar-refractivity contribution in [1.82, 2.24) is 0 Å². The number of hydrogen-bond donors (Lipinski definition) is 0. The van der Waals surface area contributed by atoms with Crippen molar-refractivity contribution in [1.29, 1.82) is 0 Å². The molecule has 1 atom stereocenters. The van der Waals surface area contributed by atoms with Gasteiger partial charge in [0.2, 0.25) is 0 Å². The molecule has 4 heteroatoms. The first-order chi connectivity index (χ1) is 9.93. The number of hydrogen-bond acceptors (Lipinski definition) is 2. The van der Waals surface area contributed by atoms with Crippen molar-refractivity contribution < 1.29 is 9.53 Å². The number of carbonyl (C=O) groups excluding carboxylic acids is 1. The normalized spacial score (nSPS) is 12.8. The van der Waals surface area contributed by atoms with Gasteiger partial charge >= 0.3 is 0 Å². The number of benzene rings is 2. The van der Waals surface area contributed by atoms with E-state index < -0.39 is 11.5 Å². The number of ether oxygens (including phenoxy) is 1. The quantitative estimate of drug-likeness (QED) is 0.730. The zero-order valence-electron chi connectivity index (χ0n) is 11.8. The molecule has 0 aromatic heterocycles. The first-order valence-electron chi connectivity index (χ1n) is 6.57. The van der Waals surface area contributed by atoms with Gasteiger partial charge in [0, 0.05) is 15.5 Å². The van der Waals surface area contributed by atoms with Crippen molar-refractivity contribution >= 4 is 29.5 Å².